The summed E-state index contributed by atoms with van der Waals surface area (Å²) in [7, 11) is 1.89. The van der Waals surface area contributed by atoms with Crippen LogP contribution in [0.25, 0.3) is 0 Å². The zero-order valence-electron chi connectivity index (χ0n) is 8.60. The monoisotopic (exact) mass is 196 g/mol. The Kier molecular flexibility index (Phi) is 2.33. The Bertz CT molecular complexity index is 316. The Morgan fingerprint density at radius 3 is 3.00 bits per heavy atom. The lowest BCUT2D eigenvalue weighted by Crippen LogP contribution is -2.32. The fourth-order valence-electron chi connectivity index (χ4n) is 1.90. The minimum Gasteiger partial charge on any atom is -0.384 e. The molecule has 78 valence electrons. The van der Waals surface area contributed by atoms with Gasteiger partial charge in [0.25, 0.3) is 0 Å². The summed E-state index contributed by atoms with van der Waals surface area (Å²) >= 11 is 0. The molecule has 1 aromatic heterocycles. The maximum Gasteiger partial charge on any atom is 0.126 e. The van der Waals surface area contributed by atoms with Crippen LogP contribution in [0.5, 0.6) is 0 Å². The van der Waals surface area contributed by atoms with E-state index in [-0.39, 0.29) is 0 Å². The van der Waals surface area contributed by atoms with E-state index in [1.165, 1.54) is 0 Å². The molecule has 2 unspecified atom stereocenters. The number of hydrogen-bond donors (Lipinski definition) is 1. The molecule has 2 atom stereocenters. The zero-order valence-corrected chi connectivity index (χ0v) is 8.60. The first kappa shape index (κ1) is 9.68. The highest BCUT2D eigenvalue weighted by molar-refractivity contribution is 5.07. The van der Waals surface area contributed by atoms with Crippen molar-refractivity contribution < 1.29 is 9.84 Å². The second kappa shape index (κ2) is 3.37. The Morgan fingerprint density at radius 2 is 2.50 bits per heavy atom. The number of aliphatic hydroxyl groups excluding tert-OH is 1. The first-order valence-electron chi connectivity index (χ1n) is 4.92. The number of imidazole rings is 1. The molecule has 0 spiro atoms. The average molecular weight is 196 g/mol. The predicted octanol–water partition coefficient (Wildman–Crippen LogP) is 1.02. The SMILES string of the molecule is Cn1cnc(C(O)C2(C)CCCO2)c1. The molecule has 1 aliphatic rings. The normalized spacial score (nSPS) is 29.4. The Balaban J connectivity index is 2.18. The first-order valence-corrected chi connectivity index (χ1v) is 4.92. The number of hydrogen-bond acceptors (Lipinski definition) is 3. The second-order valence-electron chi connectivity index (χ2n) is 4.13. The molecule has 1 aliphatic heterocycles. The van der Waals surface area contributed by atoms with Gasteiger partial charge in [0.05, 0.1) is 17.6 Å². The number of rotatable bonds is 2. The summed E-state index contributed by atoms with van der Waals surface area (Å²) in [6.45, 7) is 2.68. The van der Waals surface area contributed by atoms with Gasteiger partial charge >= 0.3 is 0 Å². The molecule has 2 heterocycles. The van der Waals surface area contributed by atoms with Gasteiger partial charge in [0, 0.05) is 19.9 Å². The smallest absolute Gasteiger partial charge is 0.126 e. The standard InChI is InChI=1S/C10H16N2O2/c1-10(4-3-5-14-10)9(13)8-6-12(2)7-11-8/h6-7,9,13H,3-5H2,1-2H3. The van der Waals surface area contributed by atoms with Crippen molar-refractivity contribution in [1.29, 1.82) is 0 Å². The summed E-state index contributed by atoms with van der Waals surface area (Å²) < 4.78 is 7.40. The topological polar surface area (TPSA) is 47.3 Å². The van der Waals surface area contributed by atoms with E-state index in [1.807, 2.05) is 24.7 Å². The van der Waals surface area contributed by atoms with E-state index in [9.17, 15) is 5.11 Å². The third-order valence-corrected chi connectivity index (χ3v) is 2.83. The van der Waals surface area contributed by atoms with Crippen LogP contribution in [0, 0.1) is 0 Å². The van der Waals surface area contributed by atoms with Crippen LogP contribution in [-0.2, 0) is 11.8 Å². The predicted molar refractivity (Wildman–Crippen MR) is 51.8 cm³/mol. The molecular weight excluding hydrogens is 180 g/mol. The van der Waals surface area contributed by atoms with Crippen molar-refractivity contribution in [2.75, 3.05) is 6.61 Å². The second-order valence-corrected chi connectivity index (χ2v) is 4.13. The molecule has 14 heavy (non-hydrogen) atoms. The Labute approximate surface area is 83.5 Å². The number of aryl methyl sites for hydroxylation is 1. The van der Waals surface area contributed by atoms with E-state index in [0.717, 1.165) is 19.4 Å². The highest BCUT2D eigenvalue weighted by atomic mass is 16.5. The van der Waals surface area contributed by atoms with Gasteiger partial charge in [-0.05, 0) is 19.8 Å². The van der Waals surface area contributed by atoms with E-state index >= 15 is 0 Å². The molecule has 4 heteroatoms. The van der Waals surface area contributed by atoms with Crippen molar-refractivity contribution in [3.05, 3.63) is 18.2 Å². The Morgan fingerprint density at radius 1 is 1.71 bits per heavy atom. The van der Waals surface area contributed by atoms with Gasteiger partial charge in [0.15, 0.2) is 0 Å². The molecule has 0 amide bonds. The number of nitrogens with zero attached hydrogens (tertiary/aromatic N) is 2. The van der Waals surface area contributed by atoms with Crippen molar-refractivity contribution in [3.63, 3.8) is 0 Å². The van der Waals surface area contributed by atoms with Gasteiger partial charge in [-0.3, -0.25) is 0 Å². The molecule has 4 nitrogen and oxygen atoms in total. The van der Waals surface area contributed by atoms with Crippen LogP contribution in [0.1, 0.15) is 31.6 Å². The van der Waals surface area contributed by atoms with E-state index in [0.29, 0.717) is 5.69 Å². The number of aliphatic hydroxyl groups is 1. The van der Waals surface area contributed by atoms with Gasteiger partial charge in [-0.25, -0.2) is 4.98 Å². The van der Waals surface area contributed by atoms with E-state index < -0.39 is 11.7 Å². The lowest BCUT2D eigenvalue weighted by atomic mass is 9.94. The van der Waals surface area contributed by atoms with Gasteiger partial charge in [-0.1, -0.05) is 0 Å². The zero-order chi connectivity index (χ0) is 10.2. The lowest BCUT2D eigenvalue weighted by molar-refractivity contribution is -0.0811. The third-order valence-electron chi connectivity index (χ3n) is 2.83. The van der Waals surface area contributed by atoms with Gasteiger partial charge in [0.2, 0.25) is 0 Å². The van der Waals surface area contributed by atoms with Crippen molar-refractivity contribution in [2.45, 2.75) is 31.5 Å². The average Bonchev–Trinajstić information content (AvgIpc) is 2.74. The molecule has 0 bridgehead atoms. The third kappa shape index (κ3) is 1.55. The molecule has 0 aromatic carbocycles. The quantitative estimate of drug-likeness (QED) is 0.768. The summed E-state index contributed by atoms with van der Waals surface area (Å²) in [5.74, 6) is 0. The summed E-state index contributed by atoms with van der Waals surface area (Å²) in [5.41, 5.74) is 0.242. The fraction of sp³-hybridized carbons (Fsp3) is 0.700. The van der Waals surface area contributed by atoms with E-state index in [1.54, 1.807) is 6.33 Å². The summed E-state index contributed by atoms with van der Waals surface area (Å²) in [5, 5.41) is 10.1. The summed E-state index contributed by atoms with van der Waals surface area (Å²) in [6, 6.07) is 0. The maximum atomic E-state index is 10.1. The molecular formula is C10H16N2O2. The van der Waals surface area contributed by atoms with Crippen LogP contribution in [0.4, 0.5) is 0 Å². The molecule has 0 radical (unpaired) electrons. The maximum absolute atomic E-state index is 10.1. The van der Waals surface area contributed by atoms with Crippen molar-refractivity contribution in [2.24, 2.45) is 7.05 Å². The van der Waals surface area contributed by atoms with Crippen LogP contribution in [0.2, 0.25) is 0 Å². The van der Waals surface area contributed by atoms with Crippen LogP contribution in [0.3, 0.4) is 0 Å². The molecule has 0 aliphatic carbocycles. The minimum atomic E-state index is -0.619. The van der Waals surface area contributed by atoms with Crippen LogP contribution in [-0.4, -0.2) is 26.9 Å². The number of ether oxygens (including phenoxy) is 1. The van der Waals surface area contributed by atoms with Crippen molar-refractivity contribution in [1.82, 2.24) is 9.55 Å². The van der Waals surface area contributed by atoms with Gasteiger partial charge in [-0.2, -0.15) is 0 Å². The van der Waals surface area contributed by atoms with E-state index in [2.05, 4.69) is 4.98 Å². The Hall–Kier alpha value is -0.870. The van der Waals surface area contributed by atoms with Gasteiger partial charge < -0.3 is 14.4 Å². The van der Waals surface area contributed by atoms with Gasteiger partial charge in [-0.15, -0.1) is 0 Å². The highest BCUT2D eigenvalue weighted by Crippen LogP contribution is 2.36. The molecule has 1 N–H and O–H groups in total. The highest BCUT2D eigenvalue weighted by Gasteiger charge is 2.39. The molecule has 1 saturated heterocycles. The van der Waals surface area contributed by atoms with Crippen LogP contribution in [0.15, 0.2) is 12.5 Å². The van der Waals surface area contributed by atoms with Gasteiger partial charge in [0.1, 0.15) is 6.10 Å². The summed E-state index contributed by atoms with van der Waals surface area (Å²) in [6.07, 6.45) is 4.81. The van der Waals surface area contributed by atoms with E-state index in [4.69, 9.17) is 4.74 Å². The van der Waals surface area contributed by atoms with Crippen molar-refractivity contribution >= 4 is 0 Å². The summed E-state index contributed by atoms with van der Waals surface area (Å²) in [4.78, 5) is 4.14. The first-order chi connectivity index (χ1) is 6.62. The molecule has 1 fully saturated rings. The minimum absolute atomic E-state index is 0.450. The molecule has 2 rings (SSSR count). The molecule has 0 saturated carbocycles. The van der Waals surface area contributed by atoms with Crippen molar-refractivity contribution in [3.8, 4) is 0 Å². The lowest BCUT2D eigenvalue weighted by Gasteiger charge is -2.27. The number of aromatic nitrogens is 2. The largest absolute Gasteiger partial charge is 0.384 e. The van der Waals surface area contributed by atoms with Crippen LogP contribution >= 0.6 is 0 Å². The van der Waals surface area contributed by atoms with Crippen LogP contribution < -0.4 is 0 Å². The molecule has 1 aromatic rings. The fourth-order valence-corrected chi connectivity index (χ4v) is 1.90.